The molecule has 0 saturated heterocycles. The van der Waals surface area contributed by atoms with Crippen LogP contribution < -0.4 is 0 Å². The molecule has 0 radical (unpaired) electrons. The summed E-state index contributed by atoms with van der Waals surface area (Å²) in [6, 6.07) is 0. The van der Waals surface area contributed by atoms with E-state index in [0.717, 1.165) is 12.8 Å². The Labute approximate surface area is 252 Å². The number of fused-ring (bicyclic) bond motifs is 5. The average Bonchev–Trinajstić information content (AvgIpc) is 3.08. The van der Waals surface area contributed by atoms with Crippen LogP contribution in [0.5, 0.6) is 0 Å². The summed E-state index contributed by atoms with van der Waals surface area (Å²) < 4.78 is 13.7. The number of Topliss-reactive ketones (excluding diaryl/α,β-unsaturated/α-hetero) is 1. The van der Waals surface area contributed by atoms with Crippen molar-refractivity contribution in [2.75, 3.05) is 6.61 Å². The highest BCUT2D eigenvalue weighted by atomic mass is 28.4. The second-order valence-corrected chi connectivity index (χ2v) is 27.0. The van der Waals surface area contributed by atoms with Gasteiger partial charge < -0.3 is 14.0 Å². The van der Waals surface area contributed by atoms with Crippen LogP contribution in [0, 0.1) is 28.6 Å². The number of hydrogen-bond acceptors (Lipinski definition) is 5. The van der Waals surface area contributed by atoms with Gasteiger partial charge in [-0.15, -0.1) is 0 Å². The molecule has 232 valence electrons. The summed E-state index contributed by atoms with van der Waals surface area (Å²) in [7, 11) is -4.34. The molecular formula is C34H58O5Si2. The van der Waals surface area contributed by atoms with Gasteiger partial charge in [-0.3, -0.25) is 9.59 Å². The van der Waals surface area contributed by atoms with Gasteiger partial charge in [-0.1, -0.05) is 72.6 Å². The van der Waals surface area contributed by atoms with Crippen molar-refractivity contribution in [1.82, 2.24) is 0 Å². The Balaban J connectivity index is 1.77. The fourth-order valence-electron chi connectivity index (χ4n) is 8.35. The number of aliphatic hydroxyl groups is 1. The van der Waals surface area contributed by atoms with Crippen LogP contribution in [-0.2, 0) is 18.4 Å². The lowest BCUT2D eigenvalue weighted by Crippen LogP contribution is -2.64. The Bertz CT molecular complexity index is 1150. The third-order valence-corrected chi connectivity index (χ3v) is 22.0. The summed E-state index contributed by atoms with van der Waals surface area (Å²) in [5.41, 5.74) is 0.288. The van der Waals surface area contributed by atoms with Crippen LogP contribution in [0.4, 0.5) is 0 Å². The van der Waals surface area contributed by atoms with Gasteiger partial charge in [-0.2, -0.15) is 0 Å². The third-order valence-electron chi connectivity index (χ3n) is 13.0. The van der Waals surface area contributed by atoms with Gasteiger partial charge in [0.2, 0.25) is 0 Å². The quantitative estimate of drug-likeness (QED) is 0.246. The highest BCUT2D eigenvalue weighted by Gasteiger charge is 2.69. The van der Waals surface area contributed by atoms with E-state index < -0.39 is 27.7 Å². The highest BCUT2D eigenvalue weighted by Crippen LogP contribution is 2.68. The van der Waals surface area contributed by atoms with Crippen LogP contribution in [0.2, 0.25) is 36.3 Å². The molecule has 41 heavy (non-hydrogen) atoms. The second kappa shape index (κ2) is 10.1. The molecule has 0 heterocycles. The lowest BCUT2D eigenvalue weighted by molar-refractivity contribution is -0.174. The van der Waals surface area contributed by atoms with E-state index in [4.69, 9.17) is 8.85 Å². The molecule has 4 rings (SSSR count). The second-order valence-electron chi connectivity index (χ2n) is 17.4. The number of carbonyl (C=O) groups excluding carboxylic acids is 2. The van der Waals surface area contributed by atoms with Gasteiger partial charge in [-0.05, 0) is 92.7 Å². The summed E-state index contributed by atoms with van der Waals surface area (Å²) in [5, 5.41) is 12.5. The van der Waals surface area contributed by atoms with Crippen molar-refractivity contribution in [3.8, 4) is 0 Å². The van der Waals surface area contributed by atoms with Crippen molar-refractivity contribution in [1.29, 1.82) is 0 Å². The van der Waals surface area contributed by atoms with Gasteiger partial charge in [0, 0.05) is 23.4 Å². The average molecular weight is 603 g/mol. The predicted octanol–water partition coefficient (Wildman–Crippen LogP) is 8.01. The van der Waals surface area contributed by atoms with Crippen LogP contribution in [0.1, 0.15) is 94.4 Å². The van der Waals surface area contributed by atoms with Gasteiger partial charge in [0.1, 0.15) is 5.60 Å². The van der Waals surface area contributed by atoms with E-state index in [0.29, 0.717) is 19.3 Å². The lowest BCUT2D eigenvalue weighted by Gasteiger charge is -2.62. The van der Waals surface area contributed by atoms with E-state index in [1.54, 1.807) is 6.08 Å². The normalized spacial score (nSPS) is 38.0. The molecule has 7 heteroatoms. The maximum Gasteiger partial charge on any atom is 0.192 e. The molecule has 0 spiro atoms. The molecule has 1 N–H and O–H groups in total. The van der Waals surface area contributed by atoms with Crippen molar-refractivity contribution in [3.05, 3.63) is 23.3 Å². The van der Waals surface area contributed by atoms with Gasteiger partial charge >= 0.3 is 0 Å². The van der Waals surface area contributed by atoms with E-state index in [2.05, 4.69) is 94.6 Å². The van der Waals surface area contributed by atoms with Crippen LogP contribution in [0.25, 0.3) is 0 Å². The molecule has 0 aromatic heterocycles. The molecule has 7 atom stereocenters. The van der Waals surface area contributed by atoms with E-state index >= 15 is 0 Å². The highest BCUT2D eigenvalue weighted by molar-refractivity contribution is 6.74. The smallest absolute Gasteiger partial charge is 0.192 e. The van der Waals surface area contributed by atoms with Gasteiger partial charge in [0.05, 0.1) is 6.61 Å². The van der Waals surface area contributed by atoms with E-state index in [-0.39, 0.29) is 57.5 Å². The number of allylic oxidation sites excluding steroid dienone is 4. The monoisotopic (exact) mass is 602 g/mol. The van der Waals surface area contributed by atoms with E-state index in [1.807, 2.05) is 0 Å². The minimum Gasteiger partial charge on any atom is -0.414 e. The molecule has 4 aliphatic carbocycles. The first kappa shape index (κ1) is 33.0. The predicted molar refractivity (Wildman–Crippen MR) is 172 cm³/mol. The summed E-state index contributed by atoms with van der Waals surface area (Å²) >= 11 is 0. The molecule has 0 amide bonds. The Kier molecular flexibility index (Phi) is 8.12. The van der Waals surface area contributed by atoms with Crippen molar-refractivity contribution >= 4 is 28.2 Å². The van der Waals surface area contributed by atoms with Crippen molar-refractivity contribution in [3.63, 3.8) is 0 Å². The van der Waals surface area contributed by atoms with Crippen molar-refractivity contribution in [2.45, 2.75) is 142 Å². The molecule has 0 aromatic carbocycles. The molecular weight excluding hydrogens is 545 g/mol. The summed E-state index contributed by atoms with van der Waals surface area (Å²) in [6.45, 7) is 29.0. The van der Waals surface area contributed by atoms with Gasteiger partial charge in [0.15, 0.2) is 28.2 Å². The number of carbonyl (C=O) groups is 2. The van der Waals surface area contributed by atoms with Crippen LogP contribution in [0.3, 0.4) is 0 Å². The standard InChI is InChI=1S/C34H58O5Si2/c1-22-18-24-25-15-17-34(37,28(36)21-38-40(10,11)30(2,3)4)33(25,9)20-27(39-41(12,13)31(5,6)7)29(24)32(8)16-14-23(35)19-26(22)32/h14,16,24-25,27,29,37H,15,17-21H2,1-13H3/t24-,25-,27-,29+,32-,33-,34-/m0/s1. The Morgan fingerprint density at radius 3 is 2.20 bits per heavy atom. The van der Waals surface area contributed by atoms with Crippen molar-refractivity contribution < 1.29 is 23.5 Å². The topological polar surface area (TPSA) is 72.8 Å². The molecule has 2 fully saturated rings. The van der Waals surface area contributed by atoms with Gasteiger partial charge in [0.25, 0.3) is 0 Å². The van der Waals surface area contributed by atoms with E-state index in [1.165, 1.54) is 11.1 Å². The molecule has 5 nitrogen and oxygen atoms in total. The maximum absolute atomic E-state index is 14.1. The zero-order valence-electron chi connectivity index (χ0n) is 28.3. The summed E-state index contributed by atoms with van der Waals surface area (Å²) in [6.07, 6.45) is 7.20. The number of hydrogen-bond donors (Lipinski definition) is 1. The summed E-state index contributed by atoms with van der Waals surface area (Å²) in [5.74, 6) is 0.709. The van der Waals surface area contributed by atoms with Crippen LogP contribution in [-0.4, -0.2) is 51.6 Å². The Hall–Kier alpha value is -0.866. The molecule has 0 aliphatic heterocycles. The Morgan fingerprint density at radius 2 is 1.63 bits per heavy atom. The first-order valence-electron chi connectivity index (χ1n) is 15.9. The molecule has 0 unspecified atom stereocenters. The maximum atomic E-state index is 14.1. The molecule has 2 saturated carbocycles. The van der Waals surface area contributed by atoms with Crippen LogP contribution in [0.15, 0.2) is 23.3 Å². The third kappa shape index (κ3) is 5.17. The molecule has 0 bridgehead atoms. The zero-order chi connectivity index (χ0) is 31.2. The minimum absolute atomic E-state index is 0.00776. The number of rotatable bonds is 6. The van der Waals surface area contributed by atoms with Gasteiger partial charge in [-0.25, -0.2) is 0 Å². The minimum atomic E-state index is -2.19. The fourth-order valence-corrected chi connectivity index (χ4v) is 10.6. The number of ketones is 2. The first-order valence-corrected chi connectivity index (χ1v) is 21.7. The van der Waals surface area contributed by atoms with Crippen molar-refractivity contribution in [2.24, 2.45) is 28.6 Å². The fraction of sp³-hybridized carbons (Fsp3) is 0.824. The van der Waals surface area contributed by atoms with Crippen LogP contribution >= 0.6 is 0 Å². The summed E-state index contributed by atoms with van der Waals surface area (Å²) in [4.78, 5) is 26.6. The Morgan fingerprint density at radius 1 is 1.05 bits per heavy atom. The first-order chi connectivity index (χ1) is 18.4. The molecule has 0 aromatic rings. The SMILES string of the molecule is CC1=C2CC(=O)C=C[C@]2(C)[C@@H]2[C@@H](C1)[C@@H]1CC[C@](O)(C(=O)CO[Si](C)(C)C(C)(C)C)[C@@]1(C)C[C@@H]2O[Si](C)(C)C(C)(C)C. The zero-order valence-corrected chi connectivity index (χ0v) is 30.3. The van der Waals surface area contributed by atoms with E-state index in [9.17, 15) is 14.7 Å². The largest absolute Gasteiger partial charge is 0.414 e. The lowest BCUT2D eigenvalue weighted by atomic mass is 9.46. The molecule has 4 aliphatic rings.